The Kier molecular flexibility index (Phi) is 4.88. The smallest absolute Gasteiger partial charge is 0.267 e. The normalized spacial score (nSPS) is 10.3. The highest BCUT2D eigenvalue weighted by Crippen LogP contribution is 2.12. The Hall–Kier alpha value is -4.08. The minimum absolute atomic E-state index is 0.0582. The van der Waals surface area contributed by atoms with Crippen molar-refractivity contribution in [1.82, 2.24) is 25.8 Å². The number of rotatable bonds is 4. The molecule has 136 valence electrons. The van der Waals surface area contributed by atoms with Crippen LogP contribution >= 0.6 is 0 Å². The van der Waals surface area contributed by atoms with Crippen LogP contribution in [0.2, 0.25) is 0 Å². The van der Waals surface area contributed by atoms with Gasteiger partial charge in [-0.1, -0.05) is 18.2 Å². The summed E-state index contributed by atoms with van der Waals surface area (Å²) >= 11 is 0. The van der Waals surface area contributed by atoms with Crippen molar-refractivity contribution in [2.24, 2.45) is 0 Å². The molecule has 0 aliphatic rings. The topological polar surface area (TPSA) is 132 Å². The molecule has 0 spiro atoms. The third-order valence-electron chi connectivity index (χ3n) is 3.61. The number of carbonyl (C=O) groups is 2. The fourth-order valence-electron chi connectivity index (χ4n) is 2.24. The second-order valence-electron chi connectivity index (χ2n) is 5.47. The van der Waals surface area contributed by atoms with Gasteiger partial charge < -0.3 is 0 Å². The Labute approximate surface area is 152 Å². The second-order valence-corrected chi connectivity index (χ2v) is 5.47. The van der Waals surface area contributed by atoms with Gasteiger partial charge in [-0.2, -0.15) is 9.90 Å². The quantitative estimate of drug-likeness (QED) is 0.532. The molecule has 10 nitrogen and oxygen atoms in total. The summed E-state index contributed by atoms with van der Waals surface area (Å²) in [5.74, 6) is -1.25. The van der Waals surface area contributed by atoms with Gasteiger partial charge >= 0.3 is 0 Å². The molecule has 3 aromatic rings. The largest absolute Gasteiger partial charge is 0.292 e. The first kappa shape index (κ1) is 17.7. The van der Waals surface area contributed by atoms with Gasteiger partial charge in [-0.25, -0.2) is 0 Å². The number of para-hydroxylation sites is 1. The Morgan fingerprint density at radius 2 is 1.59 bits per heavy atom. The molecule has 2 aromatic carbocycles. The summed E-state index contributed by atoms with van der Waals surface area (Å²) in [5.41, 5.74) is 5.65. The Bertz CT molecular complexity index is 998. The average Bonchev–Trinajstić information content (AvgIpc) is 3.08. The van der Waals surface area contributed by atoms with Crippen molar-refractivity contribution in [3.63, 3.8) is 0 Å². The number of nitrogens with zero attached hydrogens (tertiary/aromatic N) is 4. The molecule has 0 aliphatic carbocycles. The van der Waals surface area contributed by atoms with Crippen LogP contribution in [0.25, 0.3) is 5.69 Å². The van der Waals surface area contributed by atoms with E-state index < -0.39 is 16.7 Å². The summed E-state index contributed by atoms with van der Waals surface area (Å²) in [6, 6.07) is 14.0. The van der Waals surface area contributed by atoms with Crippen LogP contribution in [-0.2, 0) is 0 Å². The van der Waals surface area contributed by atoms with Crippen molar-refractivity contribution in [2.45, 2.75) is 6.92 Å². The first-order chi connectivity index (χ1) is 13.0. The maximum absolute atomic E-state index is 12.3. The van der Waals surface area contributed by atoms with Crippen molar-refractivity contribution in [2.75, 3.05) is 0 Å². The maximum Gasteiger partial charge on any atom is 0.292 e. The van der Waals surface area contributed by atoms with E-state index in [2.05, 4.69) is 21.0 Å². The Morgan fingerprint density at radius 3 is 2.22 bits per heavy atom. The molecule has 0 radical (unpaired) electrons. The van der Waals surface area contributed by atoms with E-state index in [-0.39, 0.29) is 16.9 Å². The molecule has 1 aromatic heterocycles. The number of non-ortho nitro benzene ring substituents is 1. The van der Waals surface area contributed by atoms with E-state index in [1.807, 2.05) is 18.2 Å². The van der Waals surface area contributed by atoms with Crippen LogP contribution in [-0.4, -0.2) is 31.7 Å². The van der Waals surface area contributed by atoms with Crippen molar-refractivity contribution in [1.29, 1.82) is 0 Å². The van der Waals surface area contributed by atoms with Gasteiger partial charge in [0.25, 0.3) is 17.5 Å². The minimum Gasteiger partial charge on any atom is -0.267 e. The number of benzene rings is 2. The molecule has 0 saturated carbocycles. The Balaban J connectivity index is 1.66. The fourth-order valence-corrected chi connectivity index (χ4v) is 2.24. The predicted octanol–water partition coefficient (Wildman–Crippen LogP) is 1.56. The summed E-state index contributed by atoms with van der Waals surface area (Å²) in [6.45, 7) is 1.62. The number of aryl methyl sites for hydroxylation is 1. The SMILES string of the molecule is Cc1nn(-c2ccccc2)nc1C(=O)NNC(=O)c1ccc([N+](=O)[O-])cc1. The molecule has 2 amide bonds. The lowest BCUT2D eigenvalue weighted by molar-refractivity contribution is -0.384. The van der Waals surface area contributed by atoms with Crippen LogP contribution in [0, 0.1) is 17.0 Å². The van der Waals surface area contributed by atoms with Gasteiger partial charge in [-0.15, -0.1) is 5.10 Å². The van der Waals surface area contributed by atoms with Gasteiger partial charge in [0.1, 0.15) is 0 Å². The van der Waals surface area contributed by atoms with Crippen molar-refractivity contribution < 1.29 is 14.5 Å². The lowest BCUT2D eigenvalue weighted by atomic mass is 10.2. The molecule has 0 fully saturated rings. The van der Waals surface area contributed by atoms with E-state index in [1.54, 1.807) is 19.1 Å². The van der Waals surface area contributed by atoms with Gasteiger partial charge in [-0.3, -0.25) is 30.6 Å². The summed E-state index contributed by atoms with van der Waals surface area (Å²) in [7, 11) is 0. The van der Waals surface area contributed by atoms with E-state index in [0.717, 1.165) is 0 Å². The zero-order valence-corrected chi connectivity index (χ0v) is 14.1. The monoisotopic (exact) mass is 366 g/mol. The van der Waals surface area contributed by atoms with E-state index in [9.17, 15) is 19.7 Å². The van der Waals surface area contributed by atoms with Crippen LogP contribution in [0.3, 0.4) is 0 Å². The molecule has 2 N–H and O–H groups in total. The molecule has 0 unspecified atom stereocenters. The molecule has 0 aliphatic heterocycles. The lowest BCUT2D eigenvalue weighted by Crippen LogP contribution is -2.42. The fraction of sp³-hybridized carbons (Fsp3) is 0.0588. The van der Waals surface area contributed by atoms with Gasteiger partial charge in [-0.05, 0) is 31.2 Å². The number of nitrogens with one attached hydrogen (secondary N) is 2. The van der Waals surface area contributed by atoms with Crippen LogP contribution in [0.5, 0.6) is 0 Å². The molecule has 27 heavy (non-hydrogen) atoms. The average molecular weight is 366 g/mol. The van der Waals surface area contributed by atoms with Crippen LogP contribution in [0.4, 0.5) is 5.69 Å². The minimum atomic E-state index is -0.634. The van der Waals surface area contributed by atoms with Gasteiger partial charge in [0.2, 0.25) is 0 Å². The van der Waals surface area contributed by atoms with Crippen molar-refractivity contribution >= 4 is 17.5 Å². The predicted molar refractivity (Wildman–Crippen MR) is 94.1 cm³/mol. The van der Waals surface area contributed by atoms with Crippen LogP contribution in [0.1, 0.15) is 26.5 Å². The van der Waals surface area contributed by atoms with Crippen molar-refractivity contribution in [3.05, 3.63) is 81.7 Å². The van der Waals surface area contributed by atoms with Gasteiger partial charge in [0.05, 0.1) is 16.3 Å². The highest BCUT2D eigenvalue weighted by atomic mass is 16.6. The molecular formula is C17H14N6O4. The third kappa shape index (κ3) is 3.95. The van der Waals surface area contributed by atoms with E-state index >= 15 is 0 Å². The highest BCUT2D eigenvalue weighted by molar-refractivity contribution is 5.98. The summed E-state index contributed by atoms with van der Waals surface area (Å²) in [4.78, 5) is 35.7. The molecular weight excluding hydrogens is 352 g/mol. The van der Waals surface area contributed by atoms with Crippen LogP contribution in [0.15, 0.2) is 54.6 Å². The Morgan fingerprint density at radius 1 is 0.963 bits per heavy atom. The second kappa shape index (κ2) is 7.44. The first-order valence-corrected chi connectivity index (χ1v) is 7.80. The van der Waals surface area contributed by atoms with E-state index in [1.165, 1.54) is 29.1 Å². The number of aromatic nitrogens is 3. The summed E-state index contributed by atoms with van der Waals surface area (Å²) < 4.78 is 0. The molecule has 3 rings (SSSR count). The number of amides is 2. The lowest BCUT2D eigenvalue weighted by Gasteiger charge is -2.06. The van der Waals surface area contributed by atoms with Crippen LogP contribution < -0.4 is 10.9 Å². The molecule has 10 heteroatoms. The molecule has 1 heterocycles. The highest BCUT2D eigenvalue weighted by Gasteiger charge is 2.17. The number of carbonyl (C=O) groups excluding carboxylic acids is 2. The number of nitro benzene ring substituents is 1. The number of hydrazine groups is 1. The molecule has 0 saturated heterocycles. The third-order valence-corrected chi connectivity index (χ3v) is 3.61. The standard InChI is InChI=1S/C17H14N6O4/c1-11-15(21-22(20-11)13-5-3-2-4-6-13)17(25)19-18-16(24)12-7-9-14(10-8-12)23(26)27/h2-10H,1H3,(H,18,24)(H,19,25). The van der Waals surface area contributed by atoms with Crippen molar-refractivity contribution in [3.8, 4) is 5.69 Å². The van der Waals surface area contributed by atoms with E-state index in [0.29, 0.717) is 11.4 Å². The molecule has 0 bridgehead atoms. The zero-order valence-electron chi connectivity index (χ0n) is 14.1. The number of hydrogen-bond acceptors (Lipinski definition) is 6. The maximum atomic E-state index is 12.3. The number of hydrogen-bond donors (Lipinski definition) is 2. The van der Waals surface area contributed by atoms with E-state index in [4.69, 9.17) is 0 Å². The van der Waals surface area contributed by atoms with Gasteiger partial charge in [0, 0.05) is 17.7 Å². The summed E-state index contributed by atoms with van der Waals surface area (Å²) in [6.07, 6.45) is 0. The summed E-state index contributed by atoms with van der Waals surface area (Å²) in [5, 5.41) is 18.9. The zero-order chi connectivity index (χ0) is 19.4. The van der Waals surface area contributed by atoms with Gasteiger partial charge in [0.15, 0.2) is 5.69 Å². The number of nitro groups is 1. The first-order valence-electron chi connectivity index (χ1n) is 7.80. The molecule has 0 atom stereocenters.